The smallest absolute Gasteiger partial charge is 0.212 e. The van der Waals surface area contributed by atoms with E-state index in [4.69, 9.17) is 4.43 Å². The number of amides is 1. The van der Waals surface area contributed by atoms with E-state index in [0.717, 1.165) is 19.4 Å². The second-order valence-corrected chi connectivity index (χ2v) is 15.5. The second kappa shape index (κ2) is 6.56. The summed E-state index contributed by atoms with van der Waals surface area (Å²) in [6, 6.07) is 0. The maximum absolute atomic E-state index is 11.5. The summed E-state index contributed by atoms with van der Waals surface area (Å²) in [5.41, 5.74) is 0. The molecule has 0 aromatic heterocycles. The molecule has 0 rings (SSSR count). The average molecular weight is 262 g/mol. The number of rotatable bonds is 7. The van der Waals surface area contributed by atoms with Crippen molar-refractivity contribution in [1.82, 2.24) is 4.98 Å². The highest BCUT2D eigenvalue weighted by molar-refractivity contribution is 6.75. The van der Waals surface area contributed by atoms with Crippen molar-refractivity contribution in [1.29, 1.82) is 0 Å². The van der Waals surface area contributed by atoms with Crippen LogP contribution in [0.2, 0.25) is 39.3 Å². The first-order valence-electron chi connectivity index (χ1n) is 6.05. The van der Waals surface area contributed by atoms with E-state index in [-0.39, 0.29) is 5.91 Å². The van der Waals surface area contributed by atoms with Crippen molar-refractivity contribution in [3.8, 4) is 0 Å². The molecule has 0 saturated carbocycles. The zero-order valence-electron chi connectivity index (χ0n) is 11.6. The highest BCUT2D eigenvalue weighted by Gasteiger charge is 2.16. The van der Waals surface area contributed by atoms with Gasteiger partial charge in [0.05, 0.1) is 0 Å². The minimum absolute atomic E-state index is 0.201. The van der Waals surface area contributed by atoms with Crippen molar-refractivity contribution in [3.05, 3.63) is 0 Å². The lowest BCUT2D eigenvalue weighted by atomic mass is 10.2. The van der Waals surface area contributed by atoms with Crippen LogP contribution in [-0.2, 0) is 9.22 Å². The second-order valence-electron chi connectivity index (χ2n) is 6.22. The van der Waals surface area contributed by atoms with Gasteiger partial charge in [-0.3, -0.25) is 4.79 Å². The Morgan fingerprint density at radius 2 is 1.62 bits per heavy atom. The fourth-order valence-corrected chi connectivity index (χ4v) is 2.96. The summed E-state index contributed by atoms with van der Waals surface area (Å²) in [7, 11) is -2.81. The van der Waals surface area contributed by atoms with Crippen LogP contribution in [0.25, 0.3) is 0 Å². The summed E-state index contributed by atoms with van der Waals surface area (Å²) in [6.45, 7) is 13.8. The van der Waals surface area contributed by atoms with Crippen LogP contribution in [0, 0.1) is 0 Å². The van der Waals surface area contributed by atoms with Crippen molar-refractivity contribution in [2.24, 2.45) is 0 Å². The standard InChI is InChI=1S/C11H27NO2Si2/c1-15(2,3)12-11(13)9-7-8-10-14-16(4,5)6/h7-10H2,1-6H3,(H,12,13). The van der Waals surface area contributed by atoms with Gasteiger partial charge in [0.1, 0.15) is 8.24 Å². The van der Waals surface area contributed by atoms with Crippen LogP contribution in [0.4, 0.5) is 0 Å². The number of hydrogen-bond donors (Lipinski definition) is 1. The molecular weight excluding hydrogens is 234 g/mol. The highest BCUT2D eigenvalue weighted by Crippen LogP contribution is 2.05. The molecule has 5 heteroatoms. The fraction of sp³-hybridized carbons (Fsp3) is 0.909. The Morgan fingerprint density at radius 1 is 1.06 bits per heavy atom. The van der Waals surface area contributed by atoms with E-state index in [2.05, 4.69) is 44.3 Å². The number of carbonyl (C=O) groups excluding carboxylic acids is 1. The molecule has 0 bridgehead atoms. The van der Waals surface area contributed by atoms with E-state index < -0.39 is 16.6 Å². The van der Waals surface area contributed by atoms with Gasteiger partial charge in [0.15, 0.2) is 8.32 Å². The van der Waals surface area contributed by atoms with E-state index in [1.54, 1.807) is 0 Å². The normalized spacial score (nSPS) is 12.6. The molecule has 0 saturated heterocycles. The molecule has 0 unspecified atom stereocenters. The van der Waals surface area contributed by atoms with Gasteiger partial charge in [0, 0.05) is 13.0 Å². The molecule has 0 aliphatic heterocycles. The largest absolute Gasteiger partial charge is 0.418 e. The Bertz CT molecular complexity index is 219. The van der Waals surface area contributed by atoms with Crippen LogP contribution < -0.4 is 4.98 Å². The summed E-state index contributed by atoms with van der Waals surface area (Å²) in [4.78, 5) is 14.6. The zero-order chi connectivity index (χ0) is 12.8. The molecule has 1 amide bonds. The third-order valence-corrected chi connectivity index (χ3v) is 3.95. The third-order valence-electron chi connectivity index (χ3n) is 1.85. The summed E-state index contributed by atoms with van der Waals surface area (Å²) in [5.74, 6) is 0.201. The predicted octanol–water partition coefficient (Wildman–Crippen LogP) is 2.96. The third kappa shape index (κ3) is 11.9. The van der Waals surface area contributed by atoms with Gasteiger partial charge in [0.25, 0.3) is 0 Å². The van der Waals surface area contributed by atoms with Gasteiger partial charge in [-0.25, -0.2) is 0 Å². The van der Waals surface area contributed by atoms with Crippen LogP contribution >= 0.6 is 0 Å². The first-order valence-corrected chi connectivity index (χ1v) is 13.0. The van der Waals surface area contributed by atoms with E-state index in [9.17, 15) is 4.79 Å². The molecule has 1 N–H and O–H groups in total. The Hall–Kier alpha value is -0.136. The van der Waals surface area contributed by atoms with Crippen LogP contribution in [0.1, 0.15) is 19.3 Å². The van der Waals surface area contributed by atoms with Gasteiger partial charge in [-0.05, 0) is 32.5 Å². The number of carbonyl (C=O) groups is 1. The molecule has 0 aliphatic rings. The molecule has 0 aromatic rings. The van der Waals surface area contributed by atoms with Gasteiger partial charge in [0.2, 0.25) is 5.91 Å². The molecule has 0 radical (unpaired) electrons. The molecule has 0 atom stereocenters. The minimum atomic E-state index is -1.44. The summed E-state index contributed by atoms with van der Waals surface area (Å²) in [6.07, 6.45) is 2.56. The Kier molecular flexibility index (Phi) is 6.51. The van der Waals surface area contributed by atoms with Crippen molar-refractivity contribution in [3.63, 3.8) is 0 Å². The average Bonchev–Trinajstić information content (AvgIpc) is 1.97. The molecule has 0 heterocycles. The van der Waals surface area contributed by atoms with Crippen LogP contribution in [0.5, 0.6) is 0 Å². The van der Waals surface area contributed by atoms with Crippen molar-refractivity contribution < 1.29 is 9.22 Å². The van der Waals surface area contributed by atoms with E-state index in [0.29, 0.717) is 6.42 Å². The van der Waals surface area contributed by atoms with Gasteiger partial charge in [-0.1, -0.05) is 19.6 Å². The molecule has 0 aromatic carbocycles. The number of unbranched alkanes of at least 4 members (excludes halogenated alkanes) is 1. The van der Waals surface area contributed by atoms with Crippen LogP contribution in [0.3, 0.4) is 0 Å². The highest BCUT2D eigenvalue weighted by atomic mass is 28.4. The maximum Gasteiger partial charge on any atom is 0.212 e. The van der Waals surface area contributed by atoms with Gasteiger partial charge in [-0.15, -0.1) is 0 Å². The minimum Gasteiger partial charge on any atom is -0.418 e. The molecule has 0 aliphatic carbocycles. The zero-order valence-corrected chi connectivity index (χ0v) is 13.6. The first-order chi connectivity index (χ1) is 7.10. The SMILES string of the molecule is C[Si](C)(C)NC(=O)CCCCO[Si](C)(C)C. The van der Waals surface area contributed by atoms with Gasteiger partial charge >= 0.3 is 0 Å². The molecule has 16 heavy (non-hydrogen) atoms. The Morgan fingerprint density at radius 3 is 2.06 bits per heavy atom. The quantitative estimate of drug-likeness (QED) is 0.565. The Balaban J connectivity index is 3.50. The monoisotopic (exact) mass is 261 g/mol. The molecular formula is C11H27NO2Si2. The first kappa shape index (κ1) is 15.9. The van der Waals surface area contributed by atoms with Crippen molar-refractivity contribution >= 4 is 22.5 Å². The lowest BCUT2D eigenvalue weighted by Gasteiger charge is -2.18. The summed E-state index contributed by atoms with van der Waals surface area (Å²) < 4.78 is 5.73. The molecule has 3 nitrogen and oxygen atoms in total. The van der Waals surface area contributed by atoms with E-state index in [1.165, 1.54) is 0 Å². The van der Waals surface area contributed by atoms with Crippen LogP contribution in [-0.4, -0.2) is 29.1 Å². The molecule has 0 spiro atoms. The summed E-state index contributed by atoms with van der Waals surface area (Å²) in [5, 5.41) is 0. The molecule has 0 fully saturated rings. The topological polar surface area (TPSA) is 38.3 Å². The van der Waals surface area contributed by atoms with Gasteiger partial charge in [-0.2, -0.15) is 0 Å². The van der Waals surface area contributed by atoms with Crippen molar-refractivity contribution in [2.75, 3.05) is 6.61 Å². The lowest BCUT2D eigenvalue weighted by Crippen LogP contribution is -2.45. The summed E-state index contributed by atoms with van der Waals surface area (Å²) >= 11 is 0. The molecule has 96 valence electrons. The fourth-order valence-electron chi connectivity index (χ4n) is 1.25. The maximum atomic E-state index is 11.5. The van der Waals surface area contributed by atoms with E-state index in [1.807, 2.05) is 0 Å². The van der Waals surface area contributed by atoms with Crippen molar-refractivity contribution in [2.45, 2.75) is 58.5 Å². The predicted molar refractivity (Wildman–Crippen MR) is 74.6 cm³/mol. The number of nitrogens with one attached hydrogen (secondary N) is 1. The van der Waals surface area contributed by atoms with Crippen LogP contribution in [0.15, 0.2) is 0 Å². The Labute approximate surface area is 102 Å². The lowest BCUT2D eigenvalue weighted by molar-refractivity contribution is -0.119. The van der Waals surface area contributed by atoms with Gasteiger partial charge < -0.3 is 9.41 Å². The van der Waals surface area contributed by atoms with E-state index >= 15 is 0 Å². The number of hydrogen-bond acceptors (Lipinski definition) is 2.